The average Bonchev–Trinajstić information content (AvgIpc) is 3.14. The maximum atomic E-state index is 13.7. The molecule has 0 spiro atoms. The summed E-state index contributed by atoms with van der Waals surface area (Å²) in [5, 5.41) is 16.3. The minimum atomic E-state index is -0.929. The topological polar surface area (TPSA) is 80.4 Å². The number of carbonyl (C=O) groups is 1. The quantitative estimate of drug-likeness (QED) is 0.576. The van der Waals surface area contributed by atoms with Crippen LogP contribution in [0.4, 0.5) is 10.1 Å². The molecule has 0 aliphatic carbocycles. The number of rotatable bonds is 7. The Morgan fingerprint density at radius 2 is 2.03 bits per heavy atom. The molecule has 0 saturated carbocycles. The number of aryl methyl sites for hydroxylation is 1. The smallest absolute Gasteiger partial charge is 0.253 e. The number of aliphatic hydroxyl groups excluding tert-OH is 1. The predicted molar refractivity (Wildman–Crippen MR) is 114 cm³/mol. The normalized spacial score (nSPS) is 16.9. The van der Waals surface area contributed by atoms with E-state index in [1.54, 1.807) is 12.1 Å². The number of nitrogens with one attached hydrogen (secondary N) is 3. The van der Waals surface area contributed by atoms with Gasteiger partial charge in [0, 0.05) is 41.3 Å². The summed E-state index contributed by atoms with van der Waals surface area (Å²) in [5.41, 5.74) is 4.76. The third-order valence-electron chi connectivity index (χ3n) is 5.49. The van der Waals surface area contributed by atoms with Crippen LogP contribution in [0.2, 0.25) is 0 Å². The monoisotopic (exact) mass is 400 g/mol. The van der Waals surface area contributed by atoms with Crippen LogP contribution >= 0.6 is 0 Å². The minimum absolute atomic E-state index is 0.121. The van der Waals surface area contributed by atoms with Gasteiger partial charge in [-0.1, -0.05) is 13.8 Å². The number of hydrogen-bond acceptors (Lipinski definition) is 4. The second kappa shape index (κ2) is 8.80. The van der Waals surface area contributed by atoms with Crippen molar-refractivity contribution in [2.45, 2.75) is 33.9 Å². The zero-order chi connectivity index (χ0) is 21.1. The van der Waals surface area contributed by atoms with Crippen LogP contribution in [0, 0.1) is 19.7 Å². The Hall–Kier alpha value is -2.64. The van der Waals surface area contributed by atoms with Crippen LogP contribution in [0.25, 0.3) is 11.6 Å². The van der Waals surface area contributed by atoms with Crippen molar-refractivity contribution in [3.63, 3.8) is 0 Å². The summed E-state index contributed by atoms with van der Waals surface area (Å²) in [6, 6.07) is 4.36. The summed E-state index contributed by atoms with van der Waals surface area (Å²) in [5.74, 6) is -0.484. The van der Waals surface area contributed by atoms with Crippen molar-refractivity contribution in [3.05, 3.63) is 52.1 Å². The van der Waals surface area contributed by atoms with Gasteiger partial charge < -0.3 is 25.6 Å². The number of anilines is 1. The Morgan fingerprint density at radius 1 is 1.31 bits per heavy atom. The fraction of sp³-hybridized carbons (Fsp3) is 0.409. The van der Waals surface area contributed by atoms with Crippen molar-refractivity contribution in [2.75, 3.05) is 31.5 Å². The van der Waals surface area contributed by atoms with Crippen LogP contribution in [-0.4, -0.2) is 53.3 Å². The fourth-order valence-corrected chi connectivity index (χ4v) is 3.78. The van der Waals surface area contributed by atoms with E-state index in [4.69, 9.17) is 0 Å². The van der Waals surface area contributed by atoms with Gasteiger partial charge in [-0.05, 0) is 56.8 Å². The van der Waals surface area contributed by atoms with Crippen molar-refractivity contribution < 1.29 is 14.3 Å². The molecule has 0 bridgehead atoms. The van der Waals surface area contributed by atoms with Crippen molar-refractivity contribution in [2.24, 2.45) is 0 Å². The minimum Gasteiger partial charge on any atom is -0.369 e. The van der Waals surface area contributed by atoms with E-state index >= 15 is 0 Å². The molecule has 0 saturated heterocycles. The van der Waals surface area contributed by atoms with Crippen molar-refractivity contribution >= 4 is 23.2 Å². The number of aromatic nitrogens is 1. The number of aliphatic hydroxyl groups is 1. The highest BCUT2D eigenvalue weighted by atomic mass is 19.1. The molecule has 29 heavy (non-hydrogen) atoms. The molecule has 1 atom stereocenters. The van der Waals surface area contributed by atoms with Gasteiger partial charge >= 0.3 is 0 Å². The van der Waals surface area contributed by atoms with E-state index in [1.807, 2.05) is 13.8 Å². The zero-order valence-corrected chi connectivity index (χ0v) is 17.4. The molecule has 1 aromatic heterocycles. The Balaban J connectivity index is 1.82. The molecular formula is C22H29FN4O2. The highest BCUT2D eigenvalue weighted by molar-refractivity contribution is 5.99. The second-order valence-corrected chi connectivity index (χ2v) is 7.28. The summed E-state index contributed by atoms with van der Waals surface area (Å²) >= 11 is 0. The molecule has 0 radical (unpaired) electrons. The van der Waals surface area contributed by atoms with E-state index < -0.39 is 6.23 Å². The molecule has 1 aromatic carbocycles. The third kappa shape index (κ3) is 4.36. The lowest BCUT2D eigenvalue weighted by molar-refractivity contribution is 0.0948. The lowest BCUT2D eigenvalue weighted by Crippen LogP contribution is -2.35. The van der Waals surface area contributed by atoms with Crippen LogP contribution in [0.5, 0.6) is 0 Å². The first-order chi connectivity index (χ1) is 13.8. The average molecular weight is 400 g/mol. The fourth-order valence-electron chi connectivity index (χ4n) is 3.78. The summed E-state index contributed by atoms with van der Waals surface area (Å²) in [4.78, 5) is 18.2. The Morgan fingerprint density at radius 3 is 2.72 bits per heavy atom. The predicted octanol–water partition coefficient (Wildman–Crippen LogP) is 3.13. The summed E-state index contributed by atoms with van der Waals surface area (Å²) in [7, 11) is 0. The number of benzene rings is 1. The number of hydrogen-bond donors (Lipinski definition) is 4. The molecule has 4 N–H and O–H groups in total. The first-order valence-electron chi connectivity index (χ1n) is 10.0. The van der Waals surface area contributed by atoms with E-state index in [9.17, 15) is 14.3 Å². The number of fused-ring (bicyclic) bond motifs is 1. The third-order valence-corrected chi connectivity index (χ3v) is 5.49. The Labute approximate surface area is 170 Å². The number of halogens is 1. The number of nitrogens with zero attached hydrogens (tertiary/aromatic N) is 1. The summed E-state index contributed by atoms with van der Waals surface area (Å²) < 4.78 is 13.7. The van der Waals surface area contributed by atoms with E-state index in [0.29, 0.717) is 28.9 Å². The van der Waals surface area contributed by atoms with Crippen molar-refractivity contribution in [1.82, 2.24) is 15.2 Å². The lowest BCUT2D eigenvalue weighted by atomic mass is 10.0. The van der Waals surface area contributed by atoms with Crippen LogP contribution in [-0.2, 0) is 0 Å². The van der Waals surface area contributed by atoms with E-state index in [2.05, 4.69) is 34.4 Å². The maximum absolute atomic E-state index is 13.7. The molecule has 1 aliphatic heterocycles. The van der Waals surface area contributed by atoms with Crippen LogP contribution in [0.3, 0.4) is 0 Å². The molecule has 1 amide bonds. The number of likely N-dealkylation sites (N-methyl/N-ethyl adjacent to an activating group) is 1. The molecule has 1 aliphatic rings. The van der Waals surface area contributed by atoms with E-state index in [1.165, 1.54) is 12.1 Å². The van der Waals surface area contributed by atoms with Gasteiger partial charge in [0.25, 0.3) is 5.91 Å². The van der Waals surface area contributed by atoms with E-state index in [0.717, 1.165) is 36.6 Å². The Bertz CT molecular complexity index is 931. The molecule has 0 fully saturated rings. The SMILES string of the molecule is CCN(CC)CCNC(=O)c1c(C)[nH]c(/C=C2/c3cc(F)ccc3NC2O)c1C. The van der Waals surface area contributed by atoms with E-state index in [-0.39, 0.29) is 11.7 Å². The molecule has 6 nitrogen and oxygen atoms in total. The van der Waals surface area contributed by atoms with Crippen molar-refractivity contribution in [1.29, 1.82) is 0 Å². The van der Waals surface area contributed by atoms with Crippen LogP contribution in [0.1, 0.15) is 46.7 Å². The van der Waals surface area contributed by atoms with Crippen LogP contribution in [0.15, 0.2) is 18.2 Å². The van der Waals surface area contributed by atoms with Gasteiger partial charge in [-0.25, -0.2) is 4.39 Å². The van der Waals surface area contributed by atoms with Gasteiger partial charge in [0.05, 0.1) is 5.56 Å². The highest BCUT2D eigenvalue weighted by Gasteiger charge is 2.26. The summed E-state index contributed by atoms with van der Waals surface area (Å²) in [6.07, 6.45) is 0.846. The first kappa shape index (κ1) is 21.1. The van der Waals surface area contributed by atoms with Gasteiger partial charge in [-0.15, -0.1) is 0 Å². The van der Waals surface area contributed by atoms with Gasteiger partial charge in [-0.2, -0.15) is 0 Å². The number of carbonyl (C=O) groups excluding carboxylic acids is 1. The molecule has 2 aromatic rings. The summed E-state index contributed by atoms with van der Waals surface area (Å²) in [6.45, 7) is 11.2. The van der Waals surface area contributed by atoms with Crippen LogP contribution < -0.4 is 10.6 Å². The first-order valence-corrected chi connectivity index (χ1v) is 10.0. The second-order valence-electron chi connectivity index (χ2n) is 7.28. The molecule has 1 unspecified atom stereocenters. The zero-order valence-electron chi connectivity index (χ0n) is 17.4. The largest absolute Gasteiger partial charge is 0.369 e. The molecule has 156 valence electrons. The van der Waals surface area contributed by atoms with Crippen molar-refractivity contribution in [3.8, 4) is 0 Å². The maximum Gasteiger partial charge on any atom is 0.253 e. The number of H-pyrrole nitrogens is 1. The lowest BCUT2D eigenvalue weighted by Gasteiger charge is -2.18. The molecule has 2 heterocycles. The van der Waals surface area contributed by atoms with Gasteiger partial charge in [0.15, 0.2) is 6.23 Å². The number of aromatic amines is 1. The molecular weight excluding hydrogens is 371 g/mol. The Kier molecular flexibility index (Phi) is 6.39. The molecule has 3 rings (SSSR count). The highest BCUT2D eigenvalue weighted by Crippen LogP contribution is 2.36. The standard InChI is InChI=1S/C22H29FN4O2/c1-5-27(6-2)10-9-24-22(29)20-13(3)19(25-14(20)4)12-17-16-11-15(23)7-8-18(16)26-21(17)28/h7-8,11-12,21,25-26,28H,5-6,9-10H2,1-4H3,(H,24,29)/b17-12-. The molecule has 7 heteroatoms. The number of amides is 1. The van der Waals surface area contributed by atoms with Gasteiger partial charge in [0.2, 0.25) is 0 Å². The van der Waals surface area contributed by atoms with Gasteiger partial charge in [0.1, 0.15) is 5.82 Å². The van der Waals surface area contributed by atoms with Gasteiger partial charge in [-0.3, -0.25) is 4.79 Å².